The van der Waals surface area contributed by atoms with E-state index in [1.165, 1.54) is 5.57 Å². The van der Waals surface area contributed by atoms with E-state index in [9.17, 15) is 8.42 Å². The van der Waals surface area contributed by atoms with Crippen LogP contribution in [-0.2, 0) is 10.0 Å². The third-order valence-corrected chi connectivity index (χ3v) is 5.25. The highest BCUT2D eigenvalue weighted by Crippen LogP contribution is 2.30. The van der Waals surface area contributed by atoms with Crippen LogP contribution in [0.3, 0.4) is 0 Å². The van der Waals surface area contributed by atoms with E-state index in [0.717, 1.165) is 6.42 Å². The van der Waals surface area contributed by atoms with Crippen molar-refractivity contribution in [1.29, 1.82) is 0 Å². The van der Waals surface area contributed by atoms with Crippen molar-refractivity contribution < 1.29 is 8.42 Å². The first-order chi connectivity index (χ1) is 7.77. The molecule has 0 aromatic heterocycles. The minimum Gasteiger partial charge on any atom is -0.212 e. The molecule has 0 radical (unpaired) electrons. The Bertz CT molecular complexity index is 382. The van der Waals surface area contributed by atoms with Gasteiger partial charge in [-0.1, -0.05) is 32.4 Å². The maximum absolute atomic E-state index is 11.9. The first-order valence-electron chi connectivity index (χ1n) is 6.00. The van der Waals surface area contributed by atoms with Crippen LogP contribution in [0, 0.1) is 5.41 Å². The molecule has 1 heterocycles. The van der Waals surface area contributed by atoms with Crippen molar-refractivity contribution in [3.8, 4) is 0 Å². The molecular formula is C12H22ClNO2S. The Labute approximate surface area is 110 Å². The van der Waals surface area contributed by atoms with Crippen molar-refractivity contribution in [3.63, 3.8) is 0 Å². The number of rotatable bonds is 4. The Morgan fingerprint density at radius 3 is 2.47 bits per heavy atom. The summed E-state index contributed by atoms with van der Waals surface area (Å²) in [4.78, 5) is 0. The quantitative estimate of drug-likeness (QED) is 0.586. The molecule has 17 heavy (non-hydrogen) atoms. The van der Waals surface area contributed by atoms with Gasteiger partial charge in [-0.25, -0.2) is 8.42 Å². The summed E-state index contributed by atoms with van der Waals surface area (Å²) in [6, 6.07) is 0. The zero-order valence-electron chi connectivity index (χ0n) is 10.9. The standard InChI is InChI=1S/C12H22ClNO2S/c1-12(2,3)11-5-8-14(9-6-11)17(15,16)10-4-7-13/h5H,4,6-10H2,1-3H3. The first-order valence-corrected chi connectivity index (χ1v) is 8.15. The number of sulfonamides is 1. The zero-order valence-corrected chi connectivity index (χ0v) is 12.4. The minimum atomic E-state index is -3.11. The molecule has 1 aliphatic rings. The maximum Gasteiger partial charge on any atom is 0.214 e. The number of halogens is 1. The van der Waals surface area contributed by atoms with E-state index < -0.39 is 10.0 Å². The highest BCUT2D eigenvalue weighted by molar-refractivity contribution is 7.89. The molecule has 0 fully saturated rings. The molecule has 0 N–H and O–H groups in total. The van der Waals surface area contributed by atoms with Crippen molar-refractivity contribution in [1.82, 2.24) is 4.31 Å². The highest BCUT2D eigenvalue weighted by atomic mass is 35.5. The van der Waals surface area contributed by atoms with Crippen LogP contribution in [0.1, 0.15) is 33.6 Å². The predicted molar refractivity (Wildman–Crippen MR) is 72.9 cm³/mol. The van der Waals surface area contributed by atoms with Gasteiger partial charge in [0.15, 0.2) is 0 Å². The van der Waals surface area contributed by atoms with E-state index >= 15 is 0 Å². The predicted octanol–water partition coefficient (Wildman–Crippen LogP) is 2.62. The molecule has 0 bridgehead atoms. The van der Waals surface area contributed by atoms with Crippen molar-refractivity contribution in [2.24, 2.45) is 5.41 Å². The van der Waals surface area contributed by atoms with Gasteiger partial charge in [-0.2, -0.15) is 4.31 Å². The zero-order chi connectivity index (χ0) is 13.1. The van der Waals surface area contributed by atoms with Gasteiger partial charge in [0.2, 0.25) is 10.0 Å². The van der Waals surface area contributed by atoms with Crippen LogP contribution in [0.2, 0.25) is 0 Å². The SMILES string of the molecule is CC(C)(C)C1=CCN(S(=O)(=O)CCCCl)CC1. The van der Waals surface area contributed by atoms with Gasteiger partial charge in [-0.15, -0.1) is 11.6 Å². The average molecular weight is 280 g/mol. The van der Waals surface area contributed by atoms with Gasteiger partial charge in [-0.3, -0.25) is 0 Å². The van der Waals surface area contributed by atoms with Crippen LogP contribution in [0.5, 0.6) is 0 Å². The molecule has 3 nitrogen and oxygen atoms in total. The van der Waals surface area contributed by atoms with Crippen LogP contribution in [0.4, 0.5) is 0 Å². The second-order valence-electron chi connectivity index (χ2n) is 5.45. The van der Waals surface area contributed by atoms with E-state index in [-0.39, 0.29) is 11.2 Å². The number of hydrogen-bond acceptors (Lipinski definition) is 2. The summed E-state index contributed by atoms with van der Waals surface area (Å²) in [5.41, 5.74) is 1.49. The Kier molecular flexibility index (Phi) is 5.05. The summed E-state index contributed by atoms with van der Waals surface area (Å²) in [6.45, 7) is 7.61. The van der Waals surface area contributed by atoms with Crippen LogP contribution < -0.4 is 0 Å². The minimum absolute atomic E-state index is 0.145. The Balaban J connectivity index is 2.66. The molecule has 5 heteroatoms. The molecular weight excluding hydrogens is 258 g/mol. The number of hydrogen-bond donors (Lipinski definition) is 0. The third kappa shape index (κ3) is 4.27. The van der Waals surface area contributed by atoms with E-state index in [1.54, 1.807) is 4.31 Å². The molecule has 0 aromatic rings. The summed E-state index contributed by atoms with van der Waals surface area (Å²) in [7, 11) is -3.11. The maximum atomic E-state index is 11.9. The molecule has 1 rings (SSSR count). The molecule has 1 aliphatic heterocycles. The van der Waals surface area contributed by atoms with Gasteiger partial charge in [-0.05, 0) is 18.3 Å². The molecule has 0 unspecified atom stereocenters. The van der Waals surface area contributed by atoms with Gasteiger partial charge in [0.25, 0.3) is 0 Å². The van der Waals surface area contributed by atoms with E-state index in [1.807, 2.05) is 0 Å². The second kappa shape index (κ2) is 5.72. The topological polar surface area (TPSA) is 37.4 Å². The summed E-state index contributed by atoms with van der Waals surface area (Å²) in [5.74, 6) is 0.561. The fourth-order valence-corrected chi connectivity index (χ4v) is 3.68. The van der Waals surface area contributed by atoms with E-state index in [2.05, 4.69) is 26.8 Å². The largest absolute Gasteiger partial charge is 0.214 e. The molecule has 0 spiro atoms. The van der Waals surface area contributed by atoms with E-state index in [4.69, 9.17) is 11.6 Å². The summed E-state index contributed by atoms with van der Waals surface area (Å²) in [6.07, 6.45) is 3.42. The van der Waals surface area contributed by atoms with Crippen LogP contribution in [0.25, 0.3) is 0 Å². The Morgan fingerprint density at radius 2 is 2.06 bits per heavy atom. The lowest BCUT2D eigenvalue weighted by molar-refractivity contribution is 0.389. The van der Waals surface area contributed by atoms with Gasteiger partial charge in [0.1, 0.15) is 0 Å². The fourth-order valence-electron chi connectivity index (χ4n) is 1.95. The lowest BCUT2D eigenvalue weighted by Crippen LogP contribution is -2.37. The van der Waals surface area contributed by atoms with E-state index in [0.29, 0.717) is 25.4 Å². The van der Waals surface area contributed by atoms with Crippen molar-refractivity contribution in [3.05, 3.63) is 11.6 Å². The lowest BCUT2D eigenvalue weighted by Gasteiger charge is -2.31. The summed E-state index contributed by atoms with van der Waals surface area (Å²) < 4.78 is 25.4. The van der Waals surface area contributed by atoms with Gasteiger partial charge >= 0.3 is 0 Å². The van der Waals surface area contributed by atoms with Crippen LogP contribution in [0.15, 0.2) is 11.6 Å². The summed E-state index contributed by atoms with van der Waals surface area (Å²) >= 11 is 5.53. The van der Waals surface area contributed by atoms with Gasteiger partial charge in [0.05, 0.1) is 5.75 Å². The monoisotopic (exact) mass is 279 g/mol. The lowest BCUT2D eigenvalue weighted by atomic mass is 9.83. The molecule has 0 atom stereocenters. The second-order valence-corrected chi connectivity index (χ2v) is 7.91. The fraction of sp³-hybridized carbons (Fsp3) is 0.833. The molecule has 0 saturated heterocycles. The average Bonchev–Trinajstić information content (AvgIpc) is 2.25. The normalized spacial score (nSPS) is 19.2. The Hall–Kier alpha value is -0.0600. The highest BCUT2D eigenvalue weighted by Gasteiger charge is 2.27. The molecule has 0 aromatic carbocycles. The van der Waals surface area contributed by atoms with Crippen molar-refractivity contribution in [2.45, 2.75) is 33.6 Å². The van der Waals surface area contributed by atoms with Crippen LogP contribution >= 0.6 is 11.6 Å². The summed E-state index contributed by atoms with van der Waals surface area (Å²) in [5, 5.41) is 0. The third-order valence-electron chi connectivity index (χ3n) is 3.06. The van der Waals surface area contributed by atoms with Crippen molar-refractivity contribution in [2.75, 3.05) is 24.7 Å². The number of nitrogens with zero attached hydrogens (tertiary/aromatic N) is 1. The van der Waals surface area contributed by atoms with Crippen LogP contribution in [-0.4, -0.2) is 37.4 Å². The smallest absolute Gasteiger partial charge is 0.212 e. The van der Waals surface area contributed by atoms with Crippen molar-refractivity contribution >= 4 is 21.6 Å². The molecule has 0 saturated carbocycles. The number of alkyl halides is 1. The Morgan fingerprint density at radius 1 is 1.41 bits per heavy atom. The van der Waals surface area contributed by atoms with Gasteiger partial charge < -0.3 is 0 Å². The van der Waals surface area contributed by atoms with Gasteiger partial charge in [0, 0.05) is 19.0 Å². The first kappa shape index (κ1) is 15.0. The molecule has 0 amide bonds. The molecule has 0 aliphatic carbocycles. The molecule has 100 valence electrons.